The third kappa shape index (κ3) is 5.91. The molecule has 3 rings (SSSR count). The maximum atomic E-state index is 10.0. The highest BCUT2D eigenvalue weighted by atomic mass is 16.5. The lowest BCUT2D eigenvalue weighted by atomic mass is 10.1. The van der Waals surface area contributed by atoms with Crippen LogP contribution in [-0.2, 0) is 0 Å². The van der Waals surface area contributed by atoms with Gasteiger partial charge in [0.15, 0.2) is 0 Å². The zero-order valence-electron chi connectivity index (χ0n) is 16.2. The van der Waals surface area contributed by atoms with Crippen LogP contribution in [0.4, 0.5) is 0 Å². The van der Waals surface area contributed by atoms with E-state index < -0.39 is 6.10 Å². The Hall–Kier alpha value is -2.69. The van der Waals surface area contributed by atoms with E-state index in [0.29, 0.717) is 17.6 Å². The molecule has 1 aromatic heterocycles. The van der Waals surface area contributed by atoms with Crippen LogP contribution < -0.4 is 4.74 Å². The van der Waals surface area contributed by atoms with E-state index in [4.69, 9.17) is 4.74 Å². The van der Waals surface area contributed by atoms with Gasteiger partial charge in [0.25, 0.3) is 0 Å². The summed E-state index contributed by atoms with van der Waals surface area (Å²) in [6.45, 7) is 0.950. The van der Waals surface area contributed by atoms with Gasteiger partial charge in [-0.05, 0) is 35.9 Å². The van der Waals surface area contributed by atoms with Gasteiger partial charge in [-0.15, -0.1) is 0 Å². The average Bonchev–Trinajstić information content (AvgIpc) is 2.64. The Bertz CT molecular complexity index is 912. The Morgan fingerprint density at radius 2 is 1.70 bits per heavy atom. The lowest BCUT2D eigenvalue weighted by Gasteiger charge is -2.26. The second kappa shape index (κ2) is 8.33. The molecule has 1 N–H and O–H groups in total. The Morgan fingerprint density at radius 1 is 0.963 bits per heavy atom. The lowest BCUT2D eigenvalue weighted by molar-refractivity contribution is -0.873. The Morgan fingerprint density at radius 3 is 2.44 bits per heavy atom. The quantitative estimate of drug-likeness (QED) is 0.648. The summed E-state index contributed by atoms with van der Waals surface area (Å²) >= 11 is 0. The molecule has 1 atom stereocenters. The van der Waals surface area contributed by atoms with Crippen molar-refractivity contribution >= 4 is 23.1 Å². The summed E-state index contributed by atoms with van der Waals surface area (Å²) in [5.41, 5.74) is 3.00. The van der Waals surface area contributed by atoms with Crippen LogP contribution in [0.2, 0.25) is 0 Å². The van der Waals surface area contributed by atoms with Crippen LogP contribution >= 0.6 is 0 Å². The van der Waals surface area contributed by atoms with Crippen LogP contribution in [-0.4, -0.2) is 55.0 Å². The summed E-state index contributed by atoms with van der Waals surface area (Å²) < 4.78 is 6.39. The van der Waals surface area contributed by atoms with Crippen LogP contribution in [0.3, 0.4) is 0 Å². The Kier molecular flexibility index (Phi) is 5.89. The normalized spacial score (nSPS) is 13.2. The van der Waals surface area contributed by atoms with Gasteiger partial charge in [-0.1, -0.05) is 42.5 Å². The third-order valence-electron chi connectivity index (χ3n) is 4.15. The SMILES string of the molecule is C[N+](C)(C)CC(O)COc1ccc(/C=C/c2ccc3ccccc3n2)cc1. The monoisotopic (exact) mass is 363 g/mol. The Balaban J connectivity index is 1.59. The van der Waals surface area contributed by atoms with Crippen LogP contribution in [0, 0.1) is 0 Å². The number of rotatable bonds is 7. The molecule has 140 valence electrons. The minimum absolute atomic E-state index is 0.297. The van der Waals surface area contributed by atoms with Gasteiger partial charge in [-0.25, -0.2) is 4.98 Å². The molecule has 0 amide bonds. The molecule has 1 unspecified atom stereocenters. The number of para-hydroxylation sites is 1. The first-order valence-corrected chi connectivity index (χ1v) is 9.14. The van der Waals surface area contributed by atoms with Crippen molar-refractivity contribution < 1.29 is 14.3 Å². The van der Waals surface area contributed by atoms with Crippen LogP contribution in [0.1, 0.15) is 11.3 Å². The second-order valence-corrected chi connectivity index (χ2v) is 7.77. The molecule has 0 radical (unpaired) electrons. The minimum Gasteiger partial charge on any atom is -0.491 e. The number of likely N-dealkylation sites (N-methyl/N-ethyl adjacent to an activating group) is 1. The van der Waals surface area contributed by atoms with Gasteiger partial charge in [0.2, 0.25) is 0 Å². The fraction of sp³-hybridized carbons (Fsp3) is 0.261. The molecule has 0 aliphatic carbocycles. The molecular weight excluding hydrogens is 336 g/mol. The molecular formula is C23H27N2O2+. The van der Waals surface area contributed by atoms with E-state index in [-0.39, 0.29) is 0 Å². The molecule has 4 heteroatoms. The fourth-order valence-electron chi connectivity index (χ4n) is 2.91. The molecule has 27 heavy (non-hydrogen) atoms. The van der Waals surface area contributed by atoms with Gasteiger partial charge in [0, 0.05) is 5.39 Å². The highest BCUT2D eigenvalue weighted by Crippen LogP contribution is 2.16. The molecule has 0 aliphatic rings. The standard InChI is InChI=1S/C23H27N2O2/c1-25(2,3)16-21(26)17-27-22-14-9-18(10-15-22)8-12-20-13-11-19-6-4-5-7-23(19)24-20/h4-15,21,26H,16-17H2,1-3H3/q+1/b12-8+. The molecule has 2 aromatic carbocycles. The highest BCUT2D eigenvalue weighted by Gasteiger charge is 2.15. The lowest BCUT2D eigenvalue weighted by Crippen LogP contribution is -2.43. The van der Waals surface area contributed by atoms with Gasteiger partial charge >= 0.3 is 0 Å². The number of benzene rings is 2. The van der Waals surface area contributed by atoms with E-state index in [0.717, 1.165) is 27.9 Å². The van der Waals surface area contributed by atoms with Gasteiger partial charge in [0.1, 0.15) is 25.0 Å². The predicted molar refractivity (Wildman–Crippen MR) is 112 cm³/mol. The molecule has 4 nitrogen and oxygen atoms in total. The van der Waals surface area contributed by atoms with Crippen molar-refractivity contribution in [1.29, 1.82) is 0 Å². The Labute approximate surface area is 160 Å². The average molecular weight is 363 g/mol. The van der Waals surface area contributed by atoms with Crippen molar-refractivity contribution in [2.45, 2.75) is 6.10 Å². The number of aliphatic hydroxyl groups is 1. The number of aliphatic hydroxyl groups excluding tert-OH is 1. The number of nitrogens with zero attached hydrogens (tertiary/aromatic N) is 2. The van der Waals surface area contributed by atoms with Crippen molar-refractivity contribution in [3.8, 4) is 5.75 Å². The number of hydrogen-bond donors (Lipinski definition) is 1. The summed E-state index contributed by atoms with van der Waals surface area (Å²) in [4.78, 5) is 4.65. The van der Waals surface area contributed by atoms with Crippen molar-refractivity contribution in [2.24, 2.45) is 0 Å². The number of pyridine rings is 1. The number of fused-ring (bicyclic) bond motifs is 1. The molecule has 0 saturated carbocycles. The van der Waals surface area contributed by atoms with E-state index in [2.05, 4.69) is 38.3 Å². The first-order chi connectivity index (χ1) is 12.9. The van der Waals surface area contributed by atoms with Gasteiger partial charge < -0.3 is 14.3 Å². The molecule has 0 bridgehead atoms. The maximum absolute atomic E-state index is 10.0. The largest absolute Gasteiger partial charge is 0.491 e. The third-order valence-corrected chi connectivity index (χ3v) is 4.15. The van der Waals surface area contributed by atoms with E-state index in [1.54, 1.807) is 0 Å². The summed E-state index contributed by atoms with van der Waals surface area (Å²) in [6.07, 6.45) is 3.56. The zero-order valence-corrected chi connectivity index (χ0v) is 16.2. The molecule has 3 aromatic rings. The first-order valence-electron chi connectivity index (χ1n) is 9.14. The van der Waals surface area contributed by atoms with Crippen LogP contribution in [0.15, 0.2) is 60.7 Å². The molecule has 0 aliphatic heterocycles. The topological polar surface area (TPSA) is 42.4 Å². The van der Waals surface area contributed by atoms with Crippen molar-refractivity contribution in [1.82, 2.24) is 4.98 Å². The molecule has 1 heterocycles. The maximum Gasteiger partial charge on any atom is 0.137 e. The molecule has 0 spiro atoms. The predicted octanol–water partition coefficient (Wildman–Crippen LogP) is 3.85. The number of quaternary nitrogens is 1. The van der Waals surface area contributed by atoms with Crippen molar-refractivity contribution in [3.63, 3.8) is 0 Å². The fourth-order valence-corrected chi connectivity index (χ4v) is 2.91. The summed E-state index contributed by atoms with van der Waals surface area (Å²) in [6, 6.07) is 20.0. The van der Waals surface area contributed by atoms with E-state index in [9.17, 15) is 5.11 Å². The van der Waals surface area contributed by atoms with Crippen LogP contribution in [0.25, 0.3) is 23.1 Å². The number of aromatic nitrogens is 1. The minimum atomic E-state index is -0.483. The van der Waals surface area contributed by atoms with Crippen molar-refractivity contribution in [3.05, 3.63) is 71.9 Å². The van der Waals surface area contributed by atoms with Crippen molar-refractivity contribution in [2.75, 3.05) is 34.3 Å². The smallest absolute Gasteiger partial charge is 0.137 e. The highest BCUT2D eigenvalue weighted by molar-refractivity contribution is 5.80. The first kappa shape index (κ1) is 19.1. The van der Waals surface area contributed by atoms with Gasteiger partial charge in [-0.3, -0.25) is 0 Å². The van der Waals surface area contributed by atoms with Crippen LogP contribution in [0.5, 0.6) is 5.75 Å². The second-order valence-electron chi connectivity index (χ2n) is 7.77. The van der Waals surface area contributed by atoms with E-state index in [1.165, 1.54) is 0 Å². The van der Waals surface area contributed by atoms with E-state index >= 15 is 0 Å². The summed E-state index contributed by atoms with van der Waals surface area (Å²) in [5, 5.41) is 11.2. The summed E-state index contributed by atoms with van der Waals surface area (Å²) in [7, 11) is 6.15. The summed E-state index contributed by atoms with van der Waals surface area (Å²) in [5.74, 6) is 0.761. The van der Waals surface area contributed by atoms with Gasteiger partial charge in [0.05, 0.1) is 32.4 Å². The van der Waals surface area contributed by atoms with Gasteiger partial charge in [-0.2, -0.15) is 0 Å². The number of ether oxygens (including phenoxy) is 1. The zero-order chi connectivity index (χ0) is 19.3. The number of hydrogen-bond acceptors (Lipinski definition) is 3. The van der Waals surface area contributed by atoms with E-state index in [1.807, 2.05) is 60.7 Å². The molecule has 0 saturated heterocycles. The molecule has 0 fully saturated rings.